The molecule has 41 heavy (non-hydrogen) atoms. The molecule has 11 nitrogen and oxygen atoms in total. The third-order valence-corrected chi connectivity index (χ3v) is 9.30. The molecule has 1 amide bonds. The monoisotopic (exact) mass is 570 g/mol. The molecule has 1 aromatic carbocycles. The second kappa shape index (κ2) is 10.5. The number of nitrogens with zero attached hydrogens (tertiary/aromatic N) is 3. The molecule has 6 N–H and O–H groups in total. The molecule has 4 rings (SSSR count). The molecular weight excluding hydrogens is 528 g/mol. The highest BCUT2D eigenvalue weighted by Crippen LogP contribution is 2.53. The third kappa shape index (κ3) is 4.50. The Morgan fingerprint density at radius 1 is 1.10 bits per heavy atom. The summed E-state index contributed by atoms with van der Waals surface area (Å²) in [7, 11) is 8.96. The van der Waals surface area contributed by atoms with Crippen LogP contribution in [-0.2, 0) is 22.6 Å². The molecule has 0 radical (unpaired) electrons. The smallest absolute Gasteiger partial charge is 0.255 e. The van der Waals surface area contributed by atoms with Crippen LogP contribution in [0.2, 0.25) is 0 Å². The molecule has 0 saturated heterocycles. The van der Waals surface area contributed by atoms with Crippen LogP contribution in [0.5, 0.6) is 5.75 Å². The summed E-state index contributed by atoms with van der Waals surface area (Å²) >= 11 is 0. The number of fused-ring (bicyclic) bond motifs is 3. The molecule has 0 saturated carbocycles. The van der Waals surface area contributed by atoms with Gasteiger partial charge in [0.15, 0.2) is 11.4 Å². The van der Waals surface area contributed by atoms with E-state index in [4.69, 9.17) is 5.73 Å². The van der Waals surface area contributed by atoms with Gasteiger partial charge in [-0.25, -0.2) is 0 Å². The highest BCUT2D eigenvalue weighted by molar-refractivity contribution is 6.24. The van der Waals surface area contributed by atoms with E-state index >= 15 is 0 Å². The summed E-state index contributed by atoms with van der Waals surface area (Å²) in [6.45, 7) is 6.93. The van der Waals surface area contributed by atoms with Crippen molar-refractivity contribution >= 4 is 23.2 Å². The van der Waals surface area contributed by atoms with E-state index in [1.807, 2.05) is 26.0 Å². The predicted octanol–water partition coefficient (Wildman–Crippen LogP) is 1.66. The first-order valence-electron chi connectivity index (χ1n) is 13.9. The normalized spacial score (nSPS) is 26.9. The van der Waals surface area contributed by atoms with E-state index in [2.05, 4.69) is 25.7 Å². The molecule has 11 heteroatoms. The second-order valence-corrected chi connectivity index (χ2v) is 12.5. The number of ketones is 2. The van der Waals surface area contributed by atoms with Crippen LogP contribution in [0.1, 0.15) is 48.7 Å². The molecular formula is C30H42N4O7. The van der Waals surface area contributed by atoms with Crippen molar-refractivity contribution in [3.63, 3.8) is 0 Å². The van der Waals surface area contributed by atoms with Gasteiger partial charge in [0.05, 0.1) is 11.6 Å². The van der Waals surface area contributed by atoms with Crippen molar-refractivity contribution in [3.8, 4) is 5.75 Å². The Kier molecular flexibility index (Phi) is 7.79. The Morgan fingerprint density at radius 2 is 1.71 bits per heavy atom. The fourth-order valence-corrected chi connectivity index (χ4v) is 6.97. The van der Waals surface area contributed by atoms with Crippen LogP contribution in [0.4, 0.5) is 5.69 Å². The van der Waals surface area contributed by atoms with Crippen molar-refractivity contribution in [2.45, 2.75) is 57.8 Å². The van der Waals surface area contributed by atoms with Crippen LogP contribution in [0.25, 0.3) is 0 Å². The van der Waals surface area contributed by atoms with E-state index in [-0.39, 0.29) is 35.8 Å². The molecule has 5 atom stereocenters. The molecule has 0 unspecified atom stereocenters. The van der Waals surface area contributed by atoms with Crippen LogP contribution >= 0.6 is 0 Å². The number of aromatic hydroxyl groups is 1. The maximum atomic E-state index is 14.0. The van der Waals surface area contributed by atoms with E-state index in [9.17, 15) is 34.8 Å². The van der Waals surface area contributed by atoms with Gasteiger partial charge in [-0.05, 0) is 69.9 Å². The number of carbonyl (C=O) groups is 3. The molecule has 1 aromatic rings. The number of likely N-dealkylation sites (N-methyl/N-ethyl adjacent to an activating group) is 1. The lowest BCUT2D eigenvalue weighted by Gasteiger charge is -2.50. The highest BCUT2D eigenvalue weighted by atomic mass is 16.3. The lowest BCUT2D eigenvalue weighted by molar-refractivity contribution is -0.148. The second-order valence-electron chi connectivity index (χ2n) is 12.5. The third-order valence-electron chi connectivity index (χ3n) is 9.30. The van der Waals surface area contributed by atoms with E-state index in [1.54, 1.807) is 20.2 Å². The SMILES string of the molecule is CC(C)[C@@H](C)N(C)Cc1cc(O)c2c(c1N(C)C)C[C@H]1C[C@H]3[C@H](N(C)C)C(O)=C(C(N)=O)C(=O)[C@@]3(O)C(O)=C1C2=O. The van der Waals surface area contributed by atoms with Crippen LogP contribution in [0.3, 0.4) is 0 Å². The number of hydrogen-bond acceptors (Lipinski definition) is 10. The summed E-state index contributed by atoms with van der Waals surface area (Å²) in [6, 6.07) is 0.790. The molecule has 0 fully saturated rings. The van der Waals surface area contributed by atoms with Crippen LogP contribution < -0.4 is 10.6 Å². The van der Waals surface area contributed by atoms with Crippen LogP contribution in [0.15, 0.2) is 28.7 Å². The van der Waals surface area contributed by atoms with Gasteiger partial charge in [0.1, 0.15) is 22.8 Å². The minimum absolute atomic E-state index is 0.0118. The topological polar surface area (TPSA) is 168 Å². The number of allylic oxidation sites excluding steroid dienone is 1. The molecule has 3 aliphatic rings. The number of aliphatic hydroxyl groups is 3. The Labute approximate surface area is 240 Å². The average molecular weight is 571 g/mol. The number of anilines is 1. The first kappa shape index (κ1) is 30.5. The number of phenols is 1. The number of amides is 1. The zero-order chi connectivity index (χ0) is 30.9. The van der Waals surface area contributed by atoms with E-state index < -0.39 is 58.0 Å². The molecule has 0 aliphatic heterocycles. The number of benzene rings is 1. The Balaban J connectivity index is 1.91. The Hall–Kier alpha value is -3.41. The maximum Gasteiger partial charge on any atom is 0.255 e. The number of carbonyl (C=O) groups excluding carboxylic acids is 3. The Morgan fingerprint density at radius 3 is 2.22 bits per heavy atom. The molecule has 0 aromatic heterocycles. The maximum absolute atomic E-state index is 14.0. The number of rotatable bonds is 7. The van der Waals surface area contributed by atoms with Gasteiger partial charge in [-0.15, -0.1) is 0 Å². The summed E-state index contributed by atoms with van der Waals surface area (Å²) in [5.74, 6) is -6.17. The van der Waals surface area contributed by atoms with Crippen molar-refractivity contribution in [3.05, 3.63) is 45.4 Å². The first-order valence-corrected chi connectivity index (χ1v) is 13.9. The zero-order valence-electron chi connectivity index (χ0n) is 25.0. The minimum Gasteiger partial charge on any atom is -0.510 e. The largest absolute Gasteiger partial charge is 0.510 e. The van der Waals surface area contributed by atoms with E-state index in [1.165, 1.54) is 4.90 Å². The fraction of sp³-hybridized carbons (Fsp3) is 0.567. The summed E-state index contributed by atoms with van der Waals surface area (Å²) in [6.07, 6.45) is 0.292. The fourth-order valence-electron chi connectivity index (χ4n) is 6.97. The van der Waals surface area contributed by atoms with Gasteiger partial charge in [0.25, 0.3) is 5.91 Å². The zero-order valence-corrected chi connectivity index (χ0v) is 25.0. The molecule has 0 bridgehead atoms. The molecule has 3 aliphatic carbocycles. The van der Waals surface area contributed by atoms with Crippen molar-refractivity contribution in [2.75, 3.05) is 40.1 Å². The van der Waals surface area contributed by atoms with Gasteiger partial charge in [0.2, 0.25) is 5.78 Å². The van der Waals surface area contributed by atoms with Crippen molar-refractivity contribution in [1.82, 2.24) is 9.80 Å². The molecule has 0 spiro atoms. The van der Waals surface area contributed by atoms with Gasteiger partial charge in [0, 0.05) is 43.9 Å². The molecule has 224 valence electrons. The summed E-state index contributed by atoms with van der Waals surface area (Å²) in [5.41, 5.74) is 4.02. The standard InChI is InChI=1S/C30H42N4O7/c1-13(2)14(3)34(8)12-16-11-19(35)21-17(23(16)32(4)5)9-15-10-18-24(33(6)7)26(37)22(29(31)40)28(39)30(18,41)27(38)20(15)25(21)36/h11,13-15,18,24,35,37-38,41H,9-10,12H2,1-8H3,(H2,31,40)/t14-,15+,18+,24+,30+/m1/s1. The number of phenolic OH excluding ortho intramolecular Hbond substituents is 1. The highest BCUT2D eigenvalue weighted by Gasteiger charge is 2.63. The van der Waals surface area contributed by atoms with Gasteiger partial charge >= 0.3 is 0 Å². The predicted molar refractivity (Wildman–Crippen MR) is 154 cm³/mol. The average Bonchev–Trinajstić information content (AvgIpc) is 2.84. The van der Waals surface area contributed by atoms with Gasteiger partial charge < -0.3 is 31.1 Å². The minimum atomic E-state index is -2.65. The van der Waals surface area contributed by atoms with Crippen LogP contribution in [0, 0.1) is 17.8 Å². The van der Waals surface area contributed by atoms with Crippen molar-refractivity contribution in [2.24, 2.45) is 23.5 Å². The van der Waals surface area contributed by atoms with Crippen molar-refractivity contribution < 1.29 is 34.8 Å². The summed E-state index contributed by atoms with van der Waals surface area (Å²) < 4.78 is 0. The quantitative estimate of drug-likeness (QED) is 0.304. The number of Topliss-reactive ketones (excluding diaryl/α,β-unsaturated/α-hetero) is 2. The van der Waals surface area contributed by atoms with Gasteiger partial charge in [-0.3, -0.25) is 24.2 Å². The van der Waals surface area contributed by atoms with E-state index in [0.717, 1.165) is 11.3 Å². The summed E-state index contributed by atoms with van der Waals surface area (Å²) in [4.78, 5) is 45.2. The van der Waals surface area contributed by atoms with E-state index in [0.29, 0.717) is 18.0 Å². The van der Waals surface area contributed by atoms with Gasteiger partial charge in [-0.1, -0.05) is 13.8 Å². The van der Waals surface area contributed by atoms with Gasteiger partial charge in [-0.2, -0.15) is 0 Å². The molecule has 0 heterocycles. The number of primary amides is 1. The Bertz CT molecular complexity index is 1380. The van der Waals surface area contributed by atoms with Crippen molar-refractivity contribution in [1.29, 1.82) is 0 Å². The number of aliphatic hydroxyl groups excluding tert-OH is 2. The first-order chi connectivity index (χ1) is 19.0. The van der Waals surface area contributed by atoms with Crippen LogP contribution in [-0.4, -0.2) is 101 Å². The lowest BCUT2D eigenvalue weighted by Crippen LogP contribution is -2.63. The number of hydrogen-bond donors (Lipinski definition) is 5. The lowest BCUT2D eigenvalue weighted by atomic mass is 9.58. The summed E-state index contributed by atoms with van der Waals surface area (Å²) in [5, 5.41) is 45.4. The number of nitrogens with two attached hydrogens (primary N) is 1.